The molecule has 0 N–H and O–H groups in total. The molecule has 1 saturated carbocycles. The van der Waals surface area contributed by atoms with Crippen molar-refractivity contribution < 1.29 is 19.1 Å². The van der Waals surface area contributed by atoms with Crippen LogP contribution >= 0.6 is 0 Å². The number of ketones is 2. The van der Waals surface area contributed by atoms with Gasteiger partial charge in [-0.25, -0.2) is 0 Å². The third-order valence-electron chi connectivity index (χ3n) is 4.83. The highest BCUT2D eigenvalue weighted by molar-refractivity contribution is 6.13. The van der Waals surface area contributed by atoms with Crippen molar-refractivity contribution in [2.75, 3.05) is 7.11 Å². The van der Waals surface area contributed by atoms with Gasteiger partial charge in [0, 0.05) is 12.3 Å². The first kappa shape index (κ1) is 17.1. The topological polar surface area (TPSA) is 60.4 Å². The maximum absolute atomic E-state index is 13.0. The summed E-state index contributed by atoms with van der Waals surface area (Å²) in [5, 5.41) is 0. The fourth-order valence-corrected chi connectivity index (χ4v) is 3.53. The van der Waals surface area contributed by atoms with E-state index in [4.69, 9.17) is 4.74 Å². The van der Waals surface area contributed by atoms with E-state index in [0.717, 1.165) is 11.1 Å². The number of Topliss-reactive ketones (excluding diaryl/α,β-unsaturated/α-hetero) is 2. The van der Waals surface area contributed by atoms with Crippen LogP contribution in [0, 0.1) is 11.8 Å². The molecule has 1 fully saturated rings. The van der Waals surface area contributed by atoms with Gasteiger partial charge in [0.25, 0.3) is 0 Å². The van der Waals surface area contributed by atoms with Gasteiger partial charge in [0.15, 0.2) is 5.78 Å². The SMILES string of the molecule is COC(=O)C1C(=O)C(Cc2ccccc2)C(=O)CC1c1ccccc1. The van der Waals surface area contributed by atoms with E-state index in [0.29, 0.717) is 6.42 Å². The minimum Gasteiger partial charge on any atom is -0.468 e. The maximum Gasteiger partial charge on any atom is 0.316 e. The summed E-state index contributed by atoms with van der Waals surface area (Å²) in [6.07, 6.45) is 0.501. The normalized spacial score (nSPS) is 23.3. The molecule has 0 saturated heterocycles. The second kappa shape index (κ2) is 7.43. The summed E-state index contributed by atoms with van der Waals surface area (Å²) in [5.41, 5.74) is 1.73. The van der Waals surface area contributed by atoms with Gasteiger partial charge in [0.2, 0.25) is 0 Å². The van der Waals surface area contributed by atoms with Gasteiger partial charge >= 0.3 is 5.97 Å². The molecule has 0 radical (unpaired) electrons. The molecule has 1 aliphatic rings. The van der Waals surface area contributed by atoms with Crippen molar-refractivity contribution in [3.05, 3.63) is 71.8 Å². The average molecular weight is 336 g/mol. The number of ether oxygens (including phenoxy) is 1. The van der Waals surface area contributed by atoms with Crippen LogP contribution in [0.5, 0.6) is 0 Å². The molecule has 3 rings (SSSR count). The Morgan fingerprint density at radius 3 is 2.20 bits per heavy atom. The molecule has 0 aliphatic heterocycles. The molecule has 3 unspecified atom stereocenters. The summed E-state index contributed by atoms with van der Waals surface area (Å²) in [5.74, 6) is -3.18. The Labute approximate surface area is 146 Å². The van der Waals surface area contributed by atoms with Crippen LogP contribution in [0.4, 0.5) is 0 Å². The largest absolute Gasteiger partial charge is 0.468 e. The number of esters is 1. The summed E-state index contributed by atoms with van der Waals surface area (Å²) in [7, 11) is 1.28. The lowest BCUT2D eigenvalue weighted by atomic mass is 9.68. The molecule has 128 valence electrons. The number of hydrogen-bond acceptors (Lipinski definition) is 4. The van der Waals surface area contributed by atoms with Crippen LogP contribution in [0.25, 0.3) is 0 Å². The van der Waals surface area contributed by atoms with Gasteiger partial charge in [-0.15, -0.1) is 0 Å². The van der Waals surface area contributed by atoms with Crippen molar-refractivity contribution in [2.24, 2.45) is 11.8 Å². The lowest BCUT2D eigenvalue weighted by molar-refractivity contribution is -0.154. The highest BCUT2D eigenvalue weighted by Gasteiger charge is 2.47. The standard InChI is InChI=1S/C21H20O4/c1-25-21(24)19-16(15-10-6-3-7-11-15)13-18(22)17(20(19)23)12-14-8-4-2-5-9-14/h2-11,16-17,19H,12-13H2,1H3. The van der Waals surface area contributed by atoms with E-state index in [-0.39, 0.29) is 18.0 Å². The van der Waals surface area contributed by atoms with Gasteiger partial charge < -0.3 is 4.74 Å². The zero-order chi connectivity index (χ0) is 17.8. The first-order valence-electron chi connectivity index (χ1n) is 8.35. The predicted octanol–water partition coefficient (Wildman–Crippen LogP) is 2.96. The van der Waals surface area contributed by atoms with E-state index >= 15 is 0 Å². The van der Waals surface area contributed by atoms with Crippen LogP contribution in [0.2, 0.25) is 0 Å². The summed E-state index contributed by atoms with van der Waals surface area (Å²) < 4.78 is 4.87. The minimum absolute atomic E-state index is 0.108. The molecular weight excluding hydrogens is 316 g/mol. The molecule has 0 spiro atoms. The highest BCUT2D eigenvalue weighted by atomic mass is 16.5. The smallest absolute Gasteiger partial charge is 0.316 e. The predicted molar refractivity (Wildman–Crippen MR) is 93.0 cm³/mol. The first-order valence-corrected chi connectivity index (χ1v) is 8.35. The van der Waals surface area contributed by atoms with Gasteiger partial charge in [-0.05, 0) is 17.5 Å². The molecule has 4 nitrogen and oxygen atoms in total. The van der Waals surface area contributed by atoms with Gasteiger partial charge in [-0.3, -0.25) is 14.4 Å². The summed E-state index contributed by atoms with van der Waals surface area (Å²) in [4.78, 5) is 38.0. The number of carbonyl (C=O) groups is 3. The number of benzene rings is 2. The molecular formula is C21H20O4. The molecule has 25 heavy (non-hydrogen) atoms. The van der Waals surface area contributed by atoms with Crippen molar-refractivity contribution >= 4 is 17.5 Å². The fraction of sp³-hybridized carbons (Fsp3) is 0.286. The molecule has 0 heterocycles. The first-order chi connectivity index (χ1) is 12.1. The van der Waals surface area contributed by atoms with Crippen molar-refractivity contribution in [1.82, 2.24) is 0 Å². The third kappa shape index (κ3) is 3.53. The van der Waals surface area contributed by atoms with E-state index < -0.39 is 23.7 Å². The van der Waals surface area contributed by atoms with Gasteiger partial charge in [0.1, 0.15) is 11.7 Å². The van der Waals surface area contributed by atoms with E-state index in [2.05, 4.69) is 0 Å². The zero-order valence-corrected chi connectivity index (χ0v) is 14.1. The van der Waals surface area contributed by atoms with Gasteiger partial charge in [-0.2, -0.15) is 0 Å². The van der Waals surface area contributed by atoms with Crippen molar-refractivity contribution in [1.29, 1.82) is 0 Å². The molecule has 1 aliphatic carbocycles. The number of hydrogen-bond donors (Lipinski definition) is 0. The van der Waals surface area contributed by atoms with E-state index in [1.165, 1.54) is 7.11 Å². The second-order valence-electron chi connectivity index (χ2n) is 6.33. The molecule has 4 heteroatoms. The van der Waals surface area contributed by atoms with Gasteiger partial charge in [-0.1, -0.05) is 60.7 Å². The van der Waals surface area contributed by atoms with Crippen LogP contribution < -0.4 is 0 Å². The summed E-state index contributed by atoms with van der Waals surface area (Å²) in [6.45, 7) is 0. The van der Waals surface area contributed by atoms with Crippen LogP contribution in [-0.2, 0) is 25.5 Å². The Bertz CT molecular complexity index is 767. The Kier molecular flexibility index (Phi) is 5.08. The average Bonchev–Trinajstić information content (AvgIpc) is 2.65. The van der Waals surface area contributed by atoms with Crippen LogP contribution in [0.3, 0.4) is 0 Å². The summed E-state index contributed by atoms with van der Waals surface area (Å²) in [6, 6.07) is 18.6. The quantitative estimate of drug-likeness (QED) is 0.636. The minimum atomic E-state index is -0.932. The van der Waals surface area contributed by atoms with Crippen LogP contribution in [0.1, 0.15) is 23.5 Å². The maximum atomic E-state index is 13.0. The Balaban J connectivity index is 1.92. The number of carbonyl (C=O) groups excluding carboxylic acids is 3. The van der Waals surface area contributed by atoms with E-state index in [1.54, 1.807) is 0 Å². The molecule has 2 aromatic carbocycles. The summed E-state index contributed by atoms with van der Waals surface area (Å²) >= 11 is 0. The Morgan fingerprint density at radius 2 is 1.60 bits per heavy atom. The number of rotatable bonds is 4. The number of methoxy groups -OCH3 is 1. The van der Waals surface area contributed by atoms with Crippen molar-refractivity contribution in [3.63, 3.8) is 0 Å². The molecule has 0 amide bonds. The van der Waals surface area contributed by atoms with Gasteiger partial charge in [0.05, 0.1) is 13.0 Å². The lowest BCUT2D eigenvalue weighted by Crippen LogP contribution is -2.45. The van der Waals surface area contributed by atoms with Crippen molar-refractivity contribution in [2.45, 2.75) is 18.8 Å². The molecule has 0 bridgehead atoms. The zero-order valence-electron chi connectivity index (χ0n) is 14.1. The highest BCUT2D eigenvalue weighted by Crippen LogP contribution is 2.38. The van der Waals surface area contributed by atoms with E-state index in [1.807, 2.05) is 60.7 Å². The second-order valence-corrected chi connectivity index (χ2v) is 6.33. The fourth-order valence-electron chi connectivity index (χ4n) is 3.53. The van der Waals surface area contributed by atoms with Crippen LogP contribution in [0.15, 0.2) is 60.7 Å². The molecule has 2 aromatic rings. The Morgan fingerprint density at radius 1 is 1.00 bits per heavy atom. The molecule has 0 aromatic heterocycles. The van der Waals surface area contributed by atoms with E-state index in [9.17, 15) is 14.4 Å². The van der Waals surface area contributed by atoms with Crippen LogP contribution in [-0.4, -0.2) is 24.6 Å². The lowest BCUT2D eigenvalue weighted by Gasteiger charge is -2.32. The van der Waals surface area contributed by atoms with Crippen molar-refractivity contribution in [3.8, 4) is 0 Å². The molecule has 3 atom stereocenters. The monoisotopic (exact) mass is 336 g/mol. The third-order valence-corrected chi connectivity index (χ3v) is 4.83. The Hall–Kier alpha value is -2.75.